The zero-order valence-corrected chi connectivity index (χ0v) is 14.6. The number of anilines is 2. The molecule has 5 nitrogen and oxygen atoms in total. The number of halogens is 2. The molecule has 0 spiro atoms. The van der Waals surface area contributed by atoms with E-state index >= 15 is 0 Å². The third kappa shape index (κ3) is 4.14. The zero-order chi connectivity index (χ0) is 17.8. The number of nitrogens with zero attached hydrogens (tertiary/aromatic N) is 2. The van der Waals surface area contributed by atoms with E-state index in [1.807, 2.05) is 24.3 Å². The van der Waals surface area contributed by atoms with Crippen LogP contribution >= 0.6 is 11.6 Å². The molecule has 7 heteroatoms. The van der Waals surface area contributed by atoms with Crippen LogP contribution in [0.1, 0.15) is 0 Å². The SMILES string of the molecule is COc1ccc(N2CCN(C(=O)Nc3ccc(F)c(Cl)c3)CC2)cc1. The van der Waals surface area contributed by atoms with E-state index in [-0.39, 0.29) is 11.1 Å². The molecule has 1 aliphatic heterocycles. The van der Waals surface area contributed by atoms with E-state index in [1.54, 1.807) is 12.0 Å². The van der Waals surface area contributed by atoms with Gasteiger partial charge in [0.05, 0.1) is 12.1 Å². The predicted octanol–water partition coefficient (Wildman–Crippen LogP) is 3.84. The minimum Gasteiger partial charge on any atom is -0.497 e. The minimum absolute atomic E-state index is 0.0119. The number of benzene rings is 2. The fourth-order valence-corrected chi connectivity index (χ4v) is 2.92. The van der Waals surface area contributed by atoms with Crippen LogP contribution in [-0.4, -0.2) is 44.2 Å². The number of amides is 2. The van der Waals surface area contributed by atoms with Crippen molar-refractivity contribution in [1.82, 2.24) is 4.90 Å². The first kappa shape index (κ1) is 17.4. The lowest BCUT2D eigenvalue weighted by atomic mass is 10.2. The first-order valence-corrected chi connectivity index (χ1v) is 8.34. The van der Waals surface area contributed by atoms with Crippen molar-refractivity contribution >= 4 is 29.0 Å². The molecule has 0 saturated carbocycles. The quantitative estimate of drug-likeness (QED) is 0.901. The van der Waals surface area contributed by atoms with E-state index in [4.69, 9.17) is 16.3 Å². The van der Waals surface area contributed by atoms with E-state index in [0.29, 0.717) is 18.8 Å². The molecule has 2 aromatic carbocycles. The maximum Gasteiger partial charge on any atom is 0.321 e. The van der Waals surface area contributed by atoms with Crippen LogP contribution in [0.5, 0.6) is 5.75 Å². The number of hydrogen-bond donors (Lipinski definition) is 1. The van der Waals surface area contributed by atoms with Gasteiger partial charge >= 0.3 is 6.03 Å². The lowest BCUT2D eigenvalue weighted by Gasteiger charge is -2.36. The van der Waals surface area contributed by atoms with Crippen molar-refractivity contribution in [2.45, 2.75) is 0 Å². The Morgan fingerprint density at radius 3 is 2.40 bits per heavy atom. The normalized spacial score (nSPS) is 14.4. The highest BCUT2D eigenvalue weighted by Gasteiger charge is 2.21. The van der Waals surface area contributed by atoms with Crippen molar-refractivity contribution in [2.24, 2.45) is 0 Å². The van der Waals surface area contributed by atoms with Crippen LogP contribution in [0.15, 0.2) is 42.5 Å². The summed E-state index contributed by atoms with van der Waals surface area (Å²) in [6.45, 7) is 2.69. The first-order chi connectivity index (χ1) is 12.1. The van der Waals surface area contributed by atoms with Crippen LogP contribution in [0, 0.1) is 5.82 Å². The standard InChI is InChI=1S/C18H19ClFN3O2/c1-25-15-5-3-14(4-6-15)22-8-10-23(11-9-22)18(24)21-13-2-7-17(20)16(19)12-13/h2-7,12H,8-11H2,1H3,(H,21,24). The van der Waals surface area contributed by atoms with Gasteiger partial charge in [0, 0.05) is 37.6 Å². The van der Waals surface area contributed by atoms with Gasteiger partial charge in [0.1, 0.15) is 11.6 Å². The van der Waals surface area contributed by atoms with E-state index in [1.165, 1.54) is 18.2 Å². The predicted molar refractivity (Wildman–Crippen MR) is 97.2 cm³/mol. The third-order valence-corrected chi connectivity index (χ3v) is 4.46. The van der Waals surface area contributed by atoms with Gasteiger partial charge in [-0.05, 0) is 42.5 Å². The molecule has 1 aliphatic rings. The van der Waals surface area contributed by atoms with Crippen LogP contribution in [0.2, 0.25) is 5.02 Å². The maximum absolute atomic E-state index is 13.2. The highest BCUT2D eigenvalue weighted by atomic mass is 35.5. The molecule has 0 unspecified atom stereocenters. The Balaban J connectivity index is 1.55. The summed E-state index contributed by atoms with van der Waals surface area (Å²) in [7, 11) is 1.64. The Labute approximate surface area is 150 Å². The van der Waals surface area contributed by atoms with Crippen molar-refractivity contribution in [3.63, 3.8) is 0 Å². The minimum atomic E-state index is -0.507. The second kappa shape index (κ2) is 7.61. The number of carbonyl (C=O) groups excluding carboxylic acids is 1. The molecule has 0 aromatic heterocycles. The summed E-state index contributed by atoms with van der Waals surface area (Å²) in [6, 6.07) is 11.8. The van der Waals surface area contributed by atoms with E-state index in [0.717, 1.165) is 24.5 Å². The van der Waals surface area contributed by atoms with E-state index in [2.05, 4.69) is 10.2 Å². The van der Waals surface area contributed by atoms with Gasteiger partial charge in [-0.2, -0.15) is 0 Å². The van der Waals surface area contributed by atoms with Gasteiger partial charge < -0.3 is 19.9 Å². The zero-order valence-electron chi connectivity index (χ0n) is 13.8. The molecular weight excluding hydrogens is 345 g/mol. The van der Waals surface area contributed by atoms with Gasteiger partial charge in [-0.1, -0.05) is 11.6 Å². The number of hydrogen-bond acceptors (Lipinski definition) is 3. The molecule has 1 fully saturated rings. The summed E-state index contributed by atoms with van der Waals surface area (Å²) in [5.74, 6) is 0.312. The van der Waals surface area contributed by atoms with Gasteiger partial charge in [-0.25, -0.2) is 9.18 Å². The highest BCUT2D eigenvalue weighted by molar-refractivity contribution is 6.31. The molecule has 2 amide bonds. The topological polar surface area (TPSA) is 44.8 Å². The summed E-state index contributed by atoms with van der Waals surface area (Å²) in [6.07, 6.45) is 0. The summed E-state index contributed by atoms with van der Waals surface area (Å²) in [5.41, 5.74) is 1.58. The Kier molecular flexibility index (Phi) is 5.28. The molecule has 0 aliphatic carbocycles. The van der Waals surface area contributed by atoms with Crippen molar-refractivity contribution in [2.75, 3.05) is 43.5 Å². The molecule has 0 atom stereocenters. The fourth-order valence-electron chi connectivity index (χ4n) is 2.74. The molecular formula is C18H19ClFN3O2. The number of piperazine rings is 1. The number of methoxy groups -OCH3 is 1. The average Bonchev–Trinajstić information content (AvgIpc) is 2.65. The Morgan fingerprint density at radius 2 is 1.80 bits per heavy atom. The Hall–Kier alpha value is -2.47. The molecule has 2 aromatic rings. The summed E-state index contributed by atoms with van der Waals surface area (Å²) >= 11 is 5.74. The van der Waals surface area contributed by atoms with Crippen molar-refractivity contribution in [1.29, 1.82) is 0 Å². The largest absolute Gasteiger partial charge is 0.497 e. The fraction of sp³-hybridized carbons (Fsp3) is 0.278. The monoisotopic (exact) mass is 363 g/mol. The number of rotatable bonds is 3. The van der Waals surface area contributed by atoms with Crippen molar-refractivity contribution < 1.29 is 13.9 Å². The summed E-state index contributed by atoms with van der Waals surface area (Å²) in [4.78, 5) is 16.3. The van der Waals surface area contributed by atoms with Crippen LogP contribution in [0.25, 0.3) is 0 Å². The van der Waals surface area contributed by atoms with Gasteiger partial charge in [0.2, 0.25) is 0 Å². The average molecular weight is 364 g/mol. The first-order valence-electron chi connectivity index (χ1n) is 7.97. The smallest absolute Gasteiger partial charge is 0.321 e. The van der Waals surface area contributed by atoms with Gasteiger partial charge in [0.15, 0.2) is 0 Å². The number of urea groups is 1. The molecule has 1 N–H and O–H groups in total. The van der Waals surface area contributed by atoms with Gasteiger partial charge in [-0.15, -0.1) is 0 Å². The number of nitrogens with one attached hydrogen (secondary N) is 1. The second-order valence-electron chi connectivity index (χ2n) is 5.73. The molecule has 0 bridgehead atoms. The van der Waals surface area contributed by atoms with Crippen LogP contribution in [0.4, 0.5) is 20.6 Å². The summed E-state index contributed by atoms with van der Waals surface area (Å²) in [5, 5.41) is 2.74. The Morgan fingerprint density at radius 1 is 1.12 bits per heavy atom. The number of carbonyl (C=O) groups is 1. The summed E-state index contributed by atoms with van der Waals surface area (Å²) < 4.78 is 18.3. The molecule has 0 radical (unpaired) electrons. The third-order valence-electron chi connectivity index (χ3n) is 4.18. The van der Waals surface area contributed by atoms with Crippen molar-refractivity contribution in [3.8, 4) is 5.75 Å². The lowest BCUT2D eigenvalue weighted by molar-refractivity contribution is 0.208. The Bertz CT molecular complexity index is 746. The van der Waals surface area contributed by atoms with Crippen LogP contribution in [-0.2, 0) is 0 Å². The van der Waals surface area contributed by atoms with E-state index < -0.39 is 5.82 Å². The van der Waals surface area contributed by atoms with E-state index in [9.17, 15) is 9.18 Å². The molecule has 1 heterocycles. The van der Waals surface area contributed by atoms with Crippen LogP contribution in [0.3, 0.4) is 0 Å². The number of ether oxygens (including phenoxy) is 1. The molecule has 25 heavy (non-hydrogen) atoms. The highest BCUT2D eigenvalue weighted by Crippen LogP contribution is 2.22. The van der Waals surface area contributed by atoms with Crippen molar-refractivity contribution in [3.05, 3.63) is 53.3 Å². The van der Waals surface area contributed by atoms with Gasteiger partial charge in [0.25, 0.3) is 0 Å². The molecule has 1 saturated heterocycles. The lowest BCUT2D eigenvalue weighted by Crippen LogP contribution is -2.50. The van der Waals surface area contributed by atoms with Crippen LogP contribution < -0.4 is 15.0 Å². The molecule has 3 rings (SSSR count). The second-order valence-corrected chi connectivity index (χ2v) is 6.14. The molecule has 132 valence electrons. The maximum atomic E-state index is 13.2. The van der Waals surface area contributed by atoms with Gasteiger partial charge in [-0.3, -0.25) is 0 Å².